The van der Waals surface area contributed by atoms with Crippen molar-refractivity contribution in [1.82, 2.24) is 9.88 Å². The van der Waals surface area contributed by atoms with Crippen molar-refractivity contribution in [2.24, 2.45) is 5.73 Å². The molecule has 1 aliphatic heterocycles. The highest BCUT2D eigenvalue weighted by Gasteiger charge is 2.40. The van der Waals surface area contributed by atoms with Gasteiger partial charge in [0.15, 0.2) is 0 Å². The van der Waals surface area contributed by atoms with Crippen LogP contribution >= 0.6 is 11.3 Å². The normalized spacial score (nSPS) is 35.5. The van der Waals surface area contributed by atoms with E-state index >= 15 is 0 Å². The molecular formula is C9H15N3S. The molecule has 4 heteroatoms. The first-order valence-corrected chi connectivity index (χ1v) is 5.39. The number of hydrogen-bond acceptors (Lipinski definition) is 4. The maximum atomic E-state index is 6.31. The SMILES string of the molecule is CC1CC(N)(c2nccs2)CN1C. The van der Waals surface area contributed by atoms with Gasteiger partial charge in [0.05, 0.1) is 5.54 Å². The number of likely N-dealkylation sites (N-methyl/N-ethyl adjacent to an activating group) is 1. The molecule has 0 amide bonds. The second-order valence-electron chi connectivity index (χ2n) is 3.96. The van der Waals surface area contributed by atoms with Crippen LogP contribution in [0, 0.1) is 0 Å². The molecule has 2 heterocycles. The summed E-state index contributed by atoms with van der Waals surface area (Å²) in [6.07, 6.45) is 2.84. The van der Waals surface area contributed by atoms with Crippen LogP contribution < -0.4 is 5.73 Å². The molecule has 2 unspecified atom stereocenters. The van der Waals surface area contributed by atoms with Crippen molar-refractivity contribution in [1.29, 1.82) is 0 Å². The fourth-order valence-electron chi connectivity index (χ4n) is 1.97. The van der Waals surface area contributed by atoms with Crippen molar-refractivity contribution < 1.29 is 0 Å². The number of nitrogens with two attached hydrogens (primary N) is 1. The van der Waals surface area contributed by atoms with Crippen LogP contribution in [0.1, 0.15) is 18.4 Å². The Morgan fingerprint density at radius 3 is 3.00 bits per heavy atom. The van der Waals surface area contributed by atoms with E-state index in [1.54, 1.807) is 11.3 Å². The van der Waals surface area contributed by atoms with Crippen LogP contribution in [-0.2, 0) is 5.54 Å². The molecule has 0 aromatic carbocycles. The van der Waals surface area contributed by atoms with Crippen LogP contribution in [0.2, 0.25) is 0 Å². The van der Waals surface area contributed by atoms with Gasteiger partial charge in [-0.25, -0.2) is 4.98 Å². The van der Waals surface area contributed by atoms with E-state index in [-0.39, 0.29) is 5.54 Å². The number of thiazole rings is 1. The van der Waals surface area contributed by atoms with Crippen molar-refractivity contribution >= 4 is 11.3 Å². The Morgan fingerprint density at radius 1 is 1.77 bits per heavy atom. The topological polar surface area (TPSA) is 42.1 Å². The third kappa shape index (κ3) is 1.49. The molecule has 0 bridgehead atoms. The summed E-state index contributed by atoms with van der Waals surface area (Å²) in [7, 11) is 2.12. The number of nitrogens with zero attached hydrogens (tertiary/aromatic N) is 2. The molecule has 0 saturated carbocycles. The highest BCUT2D eigenvalue weighted by atomic mass is 32.1. The lowest BCUT2D eigenvalue weighted by molar-refractivity contribution is 0.320. The van der Waals surface area contributed by atoms with Gasteiger partial charge in [0.2, 0.25) is 0 Å². The van der Waals surface area contributed by atoms with Crippen LogP contribution in [0.25, 0.3) is 0 Å². The summed E-state index contributed by atoms with van der Waals surface area (Å²) < 4.78 is 0. The van der Waals surface area contributed by atoms with Gasteiger partial charge in [0.1, 0.15) is 5.01 Å². The van der Waals surface area contributed by atoms with E-state index in [0.717, 1.165) is 18.0 Å². The Hall–Kier alpha value is -0.450. The second kappa shape index (κ2) is 3.04. The summed E-state index contributed by atoms with van der Waals surface area (Å²) in [4.78, 5) is 6.60. The summed E-state index contributed by atoms with van der Waals surface area (Å²) in [6, 6.07) is 0.564. The zero-order valence-corrected chi connectivity index (χ0v) is 8.84. The van der Waals surface area contributed by atoms with Gasteiger partial charge < -0.3 is 10.6 Å². The molecule has 72 valence electrons. The van der Waals surface area contributed by atoms with Gasteiger partial charge in [-0.2, -0.15) is 0 Å². The minimum absolute atomic E-state index is 0.206. The predicted molar refractivity (Wildman–Crippen MR) is 54.7 cm³/mol. The van der Waals surface area contributed by atoms with E-state index in [2.05, 4.69) is 23.9 Å². The molecule has 0 spiro atoms. The molecule has 3 nitrogen and oxygen atoms in total. The van der Waals surface area contributed by atoms with Gasteiger partial charge in [-0.1, -0.05) is 0 Å². The van der Waals surface area contributed by atoms with E-state index in [1.807, 2.05) is 11.6 Å². The standard InChI is InChI=1S/C9H15N3S/c1-7-5-9(10,6-12(7)2)8-11-3-4-13-8/h3-4,7H,5-6,10H2,1-2H3. The number of aromatic nitrogens is 1. The highest BCUT2D eigenvalue weighted by Crippen LogP contribution is 2.33. The smallest absolute Gasteiger partial charge is 0.114 e. The maximum absolute atomic E-state index is 6.31. The van der Waals surface area contributed by atoms with Crippen molar-refractivity contribution in [3.05, 3.63) is 16.6 Å². The maximum Gasteiger partial charge on any atom is 0.114 e. The predicted octanol–water partition coefficient (Wildman–Crippen LogP) is 1.02. The Balaban J connectivity index is 2.24. The Labute approximate surface area is 82.6 Å². The summed E-state index contributed by atoms with van der Waals surface area (Å²) in [6.45, 7) is 3.13. The molecular weight excluding hydrogens is 182 g/mol. The van der Waals surface area contributed by atoms with Gasteiger partial charge in [-0.15, -0.1) is 11.3 Å². The van der Waals surface area contributed by atoms with Crippen LogP contribution in [0.4, 0.5) is 0 Å². The van der Waals surface area contributed by atoms with Crippen LogP contribution in [0.5, 0.6) is 0 Å². The first-order chi connectivity index (χ1) is 6.12. The fraction of sp³-hybridized carbons (Fsp3) is 0.667. The summed E-state index contributed by atoms with van der Waals surface area (Å²) in [5, 5.41) is 3.07. The number of hydrogen-bond donors (Lipinski definition) is 1. The quantitative estimate of drug-likeness (QED) is 0.731. The average molecular weight is 197 g/mol. The minimum Gasteiger partial charge on any atom is -0.318 e. The van der Waals surface area contributed by atoms with Gasteiger partial charge in [-0.05, 0) is 20.4 Å². The van der Waals surface area contributed by atoms with Crippen molar-refractivity contribution in [3.63, 3.8) is 0 Å². The van der Waals surface area contributed by atoms with Crippen LogP contribution in [0.3, 0.4) is 0 Å². The molecule has 1 aromatic rings. The van der Waals surface area contributed by atoms with Gasteiger partial charge >= 0.3 is 0 Å². The lowest BCUT2D eigenvalue weighted by Gasteiger charge is -2.20. The second-order valence-corrected chi connectivity index (χ2v) is 4.86. The van der Waals surface area contributed by atoms with Crippen molar-refractivity contribution in [2.75, 3.05) is 13.6 Å². The molecule has 2 rings (SSSR count). The molecule has 0 aliphatic carbocycles. The van der Waals surface area contributed by atoms with Gasteiger partial charge in [-0.3, -0.25) is 0 Å². The van der Waals surface area contributed by atoms with Crippen molar-refractivity contribution in [2.45, 2.75) is 24.9 Å². The van der Waals surface area contributed by atoms with Gasteiger partial charge in [0.25, 0.3) is 0 Å². The summed E-state index contributed by atoms with van der Waals surface area (Å²) in [5.41, 5.74) is 6.11. The van der Waals surface area contributed by atoms with E-state index in [1.165, 1.54) is 0 Å². The lowest BCUT2D eigenvalue weighted by atomic mass is 9.99. The average Bonchev–Trinajstić information content (AvgIpc) is 2.61. The molecule has 0 radical (unpaired) electrons. The molecule has 2 atom stereocenters. The molecule has 2 N–H and O–H groups in total. The van der Waals surface area contributed by atoms with E-state index in [0.29, 0.717) is 6.04 Å². The molecule has 1 aliphatic rings. The lowest BCUT2D eigenvalue weighted by Crippen LogP contribution is -2.38. The molecule has 13 heavy (non-hydrogen) atoms. The third-order valence-electron chi connectivity index (χ3n) is 2.80. The van der Waals surface area contributed by atoms with Crippen LogP contribution in [0.15, 0.2) is 11.6 Å². The van der Waals surface area contributed by atoms with E-state index in [9.17, 15) is 0 Å². The Kier molecular flexibility index (Phi) is 2.14. The largest absolute Gasteiger partial charge is 0.318 e. The highest BCUT2D eigenvalue weighted by molar-refractivity contribution is 7.09. The summed E-state index contributed by atoms with van der Waals surface area (Å²) in [5.74, 6) is 0. The number of likely N-dealkylation sites (tertiary alicyclic amines) is 1. The monoisotopic (exact) mass is 197 g/mol. The summed E-state index contributed by atoms with van der Waals surface area (Å²) >= 11 is 1.66. The third-order valence-corrected chi connectivity index (χ3v) is 3.79. The fourth-order valence-corrected chi connectivity index (χ4v) is 2.73. The van der Waals surface area contributed by atoms with Crippen molar-refractivity contribution in [3.8, 4) is 0 Å². The molecule has 1 fully saturated rings. The minimum atomic E-state index is -0.206. The van der Waals surface area contributed by atoms with Gasteiger partial charge in [0, 0.05) is 24.2 Å². The first kappa shape index (κ1) is 9.12. The van der Waals surface area contributed by atoms with E-state index in [4.69, 9.17) is 5.73 Å². The zero-order valence-electron chi connectivity index (χ0n) is 8.03. The Morgan fingerprint density at radius 2 is 2.54 bits per heavy atom. The zero-order chi connectivity index (χ0) is 9.47. The Bertz CT molecular complexity index is 273. The molecule has 1 saturated heterocycles. The number of rotatable bonds is 1. The van der Waals surface area contributed by atoms with E-state index < -0.39 is 0 Å². The first-order valence-electron chi connectivity index (χ1n) is 4.51. The van der Waals surface area contributed by atoms with Crippen LogP contribution in [-0.4, -0.2) is 29.5 Å². The molecule has 1 aromatic heterocycles.